The van der Waals surface area contributed by atoms with Crippen LogP contribution in [0, 0.1) is 0 Å². The van der Waals surface area contributed by atoms with Gasteiger partial charge in [0, 0.05) is 60.6 Å². The summed E-state index contributed by atoms with van der Waals surface area (Å²) < 4.78 is 0. The molecule has 0 aromatic carbocycles. The molecule has 0 aromatic heterocycles. The SMILES string of the molecule is O.O.[Cr].[Cu].[Zr]. The van der Waals surface area contributed by atoms with Crippen molar-refractivity contribution in [2.24, 2.45) is 0 Å². The van der Waals surface area contributed by atoms with Crippen LogP contribution in [0.25, 0.3) is 0 Å². The second-order valence-corrected chi connectivity index (χ2v) is 0. The van der Waals surface area contributed by atoms with E-state index in [1.54, 1.807) is 0 Å². The first-order valence-electron chi connectivity index (χ1n) is 0. The molecule has 0 aliphatic carbocycles. The van der Waals surface area contributed by atoms with Crippen LogP contribution < -0.4 is 0 Å². The van der Waals surface area contributed by atoms with E-state index >= 15 is 0 Å². The Kier molecular flexibility index (Phi) is 548. The summed E-state index contributed by atoms with van der Waals surface area (Å²) in [6.07, 6.45) is 0. The van der Waals surface area contributed by atoms with Crippen LogP contribution >= 0.6 is 0 Å². The fraction of sp³-hybridized carbons (Fsp3) is 0. The molecule has 0 rings (SSSR count). The Morgan fingerprint density at radius 1 is 0.800 bits per heavy atom. The van der Waals surface area contributed by atoms with E-state index in [2.05, 4.69) is 0 Å². The van der Waals surface area contributed by atoms with Crippen molar-refractivity contribution in [3.05, 3.63) is 0 Å². The predicted octanol–water partition coefficient (Wildman–Crippen LogP) is -1.66. The molecular weight excluding hydrogens is 239 g/mol. The van der Waals surface area contributed by atoms with Crippen molar-refractivity contribution in [1.29, 1.82) is 0 Å². The minimum Gasteiger partial charge on any atom is -0.412 e. The van der Waals surface area contributed by atoms with Crippen molar-refractivity contribution in [2.75, 3.05) is 0 Å². The number of rotatable bonds is 0. The summed E-state index contributed by atoms with van der Waals surface area (Å²) in [6, 6.07) is 0. The maximum Gasteiger partial charge on any atom is 0 e. The molecule has 4 N–H and O–H groups in total. The Labute approximate surface area is 71.0 Å². The zero-order valence-corrected chi connectivity index (χ0v) is 6.88. The van der Waals surface area contributed by atoms with Crippen LogP contribution in [0.5, 0.6) is 0 Å². The van der Waals surface area contributed by atoms with Crippen LogP contribution in [-0.4, -0.2) is 11.0 Å². The van der Waals surface area contributed by atoms with E-state index in [9.17, 15) is 0 Å². The van der Waals surface area contributed by atoms with Gasteiger partial charge in [-0.3, -0.25) is 0 Å². The molecule has 1 radical (unpaired) electrons. The first kappa shape index (κ1) is 68.3. The van der Waals surface area contributed by atoms with Crippen molar-refractivity contribution < 1.29 is 71.6 Å². The quantitative estimate of drug-likeness (QED) is 0.457. The van der Waals surface area contributed by atoms with Gasteiger partial charge in [-0.15, -0.1) is 0 Å². The smallest absolute Gasteiger partial charge is 0 e. The van der Waals surface area contributed by atoms with Crippen LogP contribution in [0.4, 0.5) is 0 Å². The minimum absolute atomic E-state index is 0. The van der Waals surface area contributed by atoms with Crippen molar-refractivity contribution in [3.8, 4) is 0 Å². The Morgan fingerprint density at radius 2 is 0.800 bits per heavy atom. The van der Waals surface area contributed by atoms with E-state index in [0.29, 0.717) is 0 Å². The largest absolute Gasteiger partial charge is 0.412 e. The van der Waals surface area contributed by atoms with Gasteiger partial charge < -0.3 is 11.0 Å². The van der Waals surface area contributed by atoms with Gasteiger partial charge in [0.05, 0.1) is 0 Å². The molecule has 5 heteroatoms. The summed E-state index contributed by atoms with van der Waals surface area (Å²) in [4.78, 5) is 0. The van der Waals surface area contributed by atoms with Gasteiger partial charge in [0.25, 0.3) is 0 Å². The molecule has 0 aliphatic rings. The van der Waals surface area contributed by atoms with Crippen LogP contribution in [-0.2, 0) is 60.6 Å². The molecule has 0 saturated carbocycles. The van der Waals surface area contributed by atoms with Gasteiger partial charge in [-0.25, -0.2) is 0 Å². The zero-order valence-electron chi connectivity index (χ0n) is 2.21. The van der Waals surface area contributed by atoms with Crippen LogP contribution in [0.1, 0.15) is 0 Å². The Hall–Kier alpha value is 1.86. The van der Waals surface area contributed by atoms with E-state index in [1.165, 1.54) is 0 Å². The van der Waals surface area contributed by atoms with Crippen molar-refractivity contribution >= 4 is 0 Å². The van der Waals surface area contributed by atoms with Crippen LogP contribution in [0.3, 0.4) is 0 Å². The third-order valence-electron chi connectivity index (χ3n) is 0. The molecule has 0 bridgehead atoms. The molecule has 0 saturated heterocycles. The molecule has 0 unspecified atom stereocenters. The molecule has 0 aliphatic heterocycles. The minimum atomic E-state index is 0. The van der Waals surface area contributed by atoms with Crippen molar-refractivity contribution in [2.45, 2.75) is 0 Å². The maximum atomic E-state index is 0. The van der Waals surface area contributed by atoms with Crippen LogP contribution in [0.2, 0.25) is 0 Å². The molecule has 0 heterocycles. The fourth-order valence-electron chi connectivity index (χ4n) is 0. The van der Waals surface area contributed by atoms with E-state index in [0.717, 1.165) is 0 Å². The van der Waals surface area contributed by atoms with Crippen molar-refractivity contribution in [1.82, 2.24) is 0 Å². The summed E-state index contributed by atoms with van der Waals surface area (Å²) in [5, 5.41) is 0. The van der Waals surface area contributed by atoms with E-state index in [-0.39, 0.29) is 71.6 Å². The molecule has 0 amide bonds. The Bertz CT molecular complexity index is 9.61. The molecule has 2 nitrogen and oxygen atoms in total. The van der Waals surface area contributed by atoms with Gasteiger partial charge in [0.1, 0.15) is 0 Å². The second-order valence-electron chi connectivity index (χ2n) is 0. The van der Waals surface area contributed by atoms with Gasteiger partial charge in [0.15, 0.2) is 0 Å². The van der Waals surface area contributed by atoms with E-state index in [1.807, 2.05) is 0 Å². The monoisotopic (exact) mass is 241 g/mol. The molecule has 0 atom stereocenters. The molecule has 5 heavy (non-hydrogen) atoms. The van der Waals surface area contributed by atoms with Gasteiger partial charge in [-0.05, 0) is 0 Å². The predicted molar refractivity (Wildman–Crippen MR) is 7.23 cm³/mol. The van der Waals surface area contributed by atoms with Gasteiger partial charge in [0.2, 0.25) is 0 Å². The molecule has 0 spiro atoms. The van der Waals surface area contributed by atoms with Gasteiger partial charge in [-0.1, -0.05) is 0 Å². The molecule has 0 fully saturated rings. The second kappa shape index (κ2) is 40.1. The summed E-state index contributed by atoms with van der Waals surface area (Å²) >= 11 is 0. The number of hydrogen-bond donors (Lipinski definition) is 0. The normalized spacial score (nSPS) is 0. The maximum absolute atomic E-state index is 0. The molecule has 37 valence electrons. The Balaban J connectivity index is 0. The van der Waals surface area contributed by atoms with Crippen LogP contribution in [0.15, 0.2) is 0 Å². The number of hydrogen-bond acceptors (Lipinski definition) is 0. The Morgan fingerprint density at radius 3 is 0.800 bits per heavy atom. The summed E-state index contributed by atoms with van der Waals surface area (Å²) in [7, 11) is 0. The average Bonchev–Trinajstić information content (AvgIpc) is 0. The third kappa shape index (κ3) is 25.3. The first-order chi connectivity index (χ1) is 0. The van der Waals surface area contributed by atoms with Crippen molar-refractivity contribution in [3.63, 3.8) is 0 Å². The molecular formula is H4CrCuO2Zr. The summed E-state index contributed by atoms with van der Waals surface area (Å²) in [6.45, 7) is 0. The average molecular weight is 243 g/mol. The van der Waals surface area contributed by atoms with E-state index in [4.69, 9.17) is 0 Å². The van der Waals surface area contributed by atoms with Gasteiger partial charge in [-0.2, -0.15) is 0 Å². The molecule has 0 aromatic rings. The summed E-state index contributed by atoms with van der Waals surface area (Å²) in [5.41, 5.74) is 0. The standard InChI is InChI=1S/Cr.Cu.2H2O.Zr/h;;2*1H2;. The van der Waals surface area contributed by atoms with Gasteiger partial charge >= 0.3 is 0 Å². The van der Waals surface area contributed by atoms with E-state index < -0.39 is 0 Å². The fourth-order valence-corrected chi connectivity index (χ4v) is 0. The summed E-state index contributed by atoms with van der Waals surface area (Å²) in [5.74, 6) is 0. The third-order valence-corrected chi connectivity index (χ3v) is 0. The topological polar surface area (TPSA) is 63.0 Å². The first-order valence-corrected chi connectivity index (χ1v) is 0. The zero-order chi connectivity index (χ0) is 0.